The molecule has 7 heteroatoms. The number of aliphatic hydroxyl groups is 1. The number of aliphatic hydroxyl groups excluding tert-OH is 1. The van der Waals surface area contributed by atoms with Crippen molar-refractivity contribution in [3.8, 4) is 0 Å². The first-order valence-electron chi connectivity index (χ1n) is 7.18. The summed E-state index contributed by atoms with van der Waals surface area (Å²) in [6, 6.07) is 6.30. The van der Waals surface area contributed by atoms with Crippen molar-refractivity contribution in [1.29, 1.82) is 0 Å². The molecule has 0 saturated carbocycles. The fraction of sp³-hybridized carbons (Fsp3) is 0.375. The monoisotopic (exact) mass is 336 g/mol. The van der Waals surface area contributed by atoms with E-state index in [9.17, 15) is 18.3 Å². The summed E-state index contributed by atoms with van der Waals surface area (Å²) in [4.78, 5) is 14.1. The first-order chi connectivity index (χ1) is 10.6. The third kappa shape index (κ3) is 4.19. The first-order valence-corrected chi connectivity index (χ1v) is 8.66. The van der Waals surface area contributed by atoms with E-state index in [0.717, 1.165) is 11.8 Å². The number of nitrogens with zero attached hydrogens (tertiary/aromatic N) is 1. The van der Waals surface area contributed by atoms with Crippen LogP contribution in [0.2, 0.25) is 0 Å². The number of carbonyl (C=O) groups excluding carboxylic acids is 1. The molecule has 124 valence electrons. The average molecular weight is 336 g/mol. The van der Waals surface area contributed by atoms with Crippen LogP contribution in [-0.4, -0.2) is 25.5 Å². The maximum atomic E-state index is 12.1. The molecule has 1 aliphatic carbocycles. The molecule has 2 rings (SSSR count). The number of aryl methyl sites for hydroxylation is 1. The van der Waals surface area contributed by atoms with Gasteiger partial charge < -0.3 is 5.11 Å². The fourth-order valence-corrected chi connectivity index (χ4v) is 3.17. The van der Waals surface area contributed by atoms with Crippen molar-refractivity contribution in [1.82, 2.24) is 4.83 Å². The Morgan fingerprint density at radius 1 is 1.22 bits per heavy atom. The molecule has 23 heavy (non-hydrogen) atoms. The minimum atomic E-state index is -3.80. The number of hydrazone groups is 1. The molecular weight excluding hydrogens is 316 g/mol. The zero-order valence-corrected chi connectivity index (χ0v) is 14.1. The van der Waals surface area contributed by atoms with Crippen LogP contribution in [0.25, 0.3) is 0 Å². The van der Waals surface area contributed by atoms with Crippen LogP contribution >= 0.6 is 0 Å². The lowest BCUT2D eigenvalue weighted by molar-refractivity contribution is -0.117. The highest BCUT2D eigenvalue weighted by Crippen LogP contribution is 2.35. The third-order valence-corrected chi connectivity index (χ3v) is 4.83. The van der Waals surface area contributed by atoms with Gasteiger partial charge in [0.05, 0.1) is 16.7 Å². The zero-order chi connectivity index (χ0) is 17.3. The van der Waals surface area contributed by atoms with Crippen LogP contribution in [0.4, 0.5) is 0 Å². The second kappa shape index (κ2) is 6.16. The molecule has 2 N–H and O–H groups in total. The quantitative estimate of drug-likeness (QED) is 0.652. The lowest BCUT2D eigenvalue weighted by atomic mass is 9.77. The van der Waals surface area contributed by atoms with Gasteiger partial charge in [-0.1, -0.05) is 31.5 Å². The van der Waals surface area contributed by atoms with Gasteiger partial charge in [-0.05, 0) is 24.5 Å². The number of allylic oxidation sites excluding steroid dienone is 2. The van der Waals surface area contributed by atoms with Gasteiger partial charge in [0.1, 0.15) is 5.76 Å². The Balaban J connectivity index is 2.15. The molecule has 0 aliphatic heterocycles. The van der Waals surface area contributed by atoms with Gasteiger partial charge >= 0.3 is 0 Å². The molecule has 0 unspecified atom stereocenters. The van der Waals surface area contributed by atoms with E-state index in [2.05, 4.69) is 5.10 Å². The number of hydrogen-bond donors (Lipinski definition) is 2. The highest BCUT2D eigenvalue weighted by molar-refractivity contribution is 7.89. The minimum absolute atomic E-state index is 0.0518. The molecule has 0 amide bonds. The number of ketones is 1. The SMILES string of the molecule is Cc1ccc(S(=O)(=O)NN=CC2=C(O)CC(C)(C)CC2=O)cc1. The van der Waals surface area contributed by atoms with Gasteiger partial charge in [0.2, 0.25) is 0 Å². The van der Waals surface area contributed by atoms with Crippen molar-refractivity contribution < 1.29 is 18.3 Å². The summed E-state index contributed by atoms with van der Waals surface area (Å²) < 4.78 is 24.1. The Labute approximate surface area is 136 Å². The molecule has 0 radical (unpaired) electrons. The summed E-state index contributed by atoms with van der Waals surface area (Å²) in [7, 11) is -3.80. The molecule has 0 atom stereocenters. The molecule has 1 aromatic rings. The summed E-state index contributed by atoms with van der Waals surface area (Å²) in [5.41, 5.74) is 0.689. The summed E-state index contributed by atoms with van der Waals surface area (Å²) in [6.45, 7) is 5.62. The van der Waals surface area contributed by atoms with Crippen LogP contribution in [0.15, 0.2) is 45.6 Å². The second-order valence-electron chi connectivity index (χ2n) is 6.47. The van der Waals surface area contributed by atoms with Crippen LogP contribution in [0.5, 0.6) is 0 Å². The van der Waals surface area contributed by atoms with Crippen molar-refractivity contribution in [2.24, 2.45) is 10.5 Å². The normalized spacial score (nSPS) is 18.5. The molecule has 1 aromatic carbocycles. The number of rotatable bonds is 4. The predicted octanol–water partition coefficient (Wildman–Crippen LogP) is 2.46. The van der Waals surface area contributed by atoms with E-state index in [1.165, 1.54) is 12.1 Å². The van der Waals surface area contributed by atoms with Crippen molar-refractivity contribution in [3.63, 3.8) is 0 Å². The number of Topliss-reactive ketones (excluding diaryl/α,β-unsaturated/α-hetero) is 1. The molecule has 0 aromatic heterocycles. The Morgan fingerprint density at radius 2 is 1.83 bits per heavy atom. The molecule has 0 saturated heterocycles. The maximum Gasteiger partial charge on any atom is 0.276 e. The molecule has 0 fully saturated rings. The smallest absolute Gasteiger partial charge is 0.276 e. The Hall–Kier alpha value is -2.15. The average Bonchev–Trinajstić information content (AvgIpc) is 2.41. The molecule has 0 bridgehead atoms. The number of hydrogen-bond acceptors (Lipinski definition) is 5. The zero-order valence-electron chi connectivity index (χ0n) is 13.3. The van der Waals surface area contributed by atoms with E-state index < -0.39 is 10.0 Å². The number of nitrogens with one attached hydrogen (secondary N) is 1. The van der Waals surface area contributed by atoms with E-state index in [4.69, 9.17) is 0 Å². The highest BCUT2D eigenvalue weighted by Gasteiger charge is 2.32. The first kappa shape index (κ1) is 17.2. The standard InChI is InChI=1S/C16H20N2O4S/c1-11-4-6-12(7-5-11)23(21,22)18-17-10-13-14(19)8-16(2,3)9-15(13)20/h4-7,10,18-19H,8-9H2,1-3H3. The molecule has 1 aliphatic rings. The Morgan fingerprint density at radius 3 is 2.39 bits per heavy atom. The summed E-state index contributed by atoms with van der Waals surface area (Å²) in [5.74, 6) is -0.318. The second-order valence-corrected chi connectivity index (χ2v) is 8.13. The van der Waals surface area contributed by atoms with Gasteiger partial charge in [0.25, 0.3) is 10.0 Å². The van der Waals surface area contributed by atoms with Crippen LogP contribution in [0, 0.1) is 12.3 Å². The summed E-state index contributed by atoms with van der Waals surface area (Å²) >= 11 is 0. The van der Waals surface area contributed by atoms with Crippen molar-refractivity contribution in [2.45, 2.75) is 38.5 Å². The summed E-state index contributed by atoms with van der Waals surface area (Å²) in [5, 5.41) is 13.6. The molecule has 6 nitrogen and oxygen atoms in total. The highest BCUT2D eigenvalue weighted by atomic mass is 32.2. The minimum Gasteiger partial charge on any atom is -0.511 e. The van der Waals surface area contributed by atoms with E-state index in [-0.39, 0.29) is 33.8 Å². The van der Waals surface area contributed by atoms with Crippen molar-refractivity contribution in [2.75, 3.05) is 0 Å². The predicted molar refractivity (Wildman–Crippen MR) is 87.7 cm³/mol. The van der Waals surface area contributed by atoms with Crippen LogP contribution in [0.1, 0.15) is 32.3 Å². The fourth-order valence-electron chi connectivity index (χ4n) is 2.38. The summed E-state index contributed by atoms with van der Waals surface area (Å²) in [6.07, 6.45) is 1.70. The van der Waals surface area contributed by atoms with Gasteiger partial charge in [0.15, 0.2) is 5.78 Å². The Kier molecular flexibility index (Phi) is 4.61. The van der Waals surface area contributed by atoms with Gasteiger partial charge in [-0.25, -0.2) is 4.83 Å². The molecular formula is C16H20N2O4S. The molecule has 0 spiro atoms. The largest absolute Gasteiger partial charge is 0.511 e. The third-order valence-electron chi connectivity index (χ3n) is 3.59. The number of benzene rings is 1. The van der Waals surface area contributed by atoms with E-state index in [0.29, 0.717) is 6.42 Å². The number of sulfonamides is 1. The lowest BCUT2D eigenvalue weighted by Crippen LogP contribution is -2.27. The maximum absolute atomic E-state index is 12.1. The van der Waals surface area contributed by atoms with Gasteiger partial charge in [-0.2, -0.15) is 13.5 Å². The lowest BCUT2D eigenvalue weighted by Gasteiger charge is -2.28. The van der Waals surface area contributed by atoms with E-state index >= 15 is 0 Å². The van der Waals surface area contributed by atoms with Crippen LogP contribution in [-0.2, 0) is 14.8 Å². The van der Waals surface area contributed by atoms with Crippen LogP contribution < -0.4 is 4.83 Å². The molecule has 0 heterocycles. The van der Waals surface area contributed by atoms with E-state index in [1.807, 2.05) is 25.6 Å². The van der Waals surface area contributed by atoms with Crippen molar-refractivity contribution in [3.05, 3.63) is 41.2 Å². The topological polar surface area (TPSA) is 95.8 Å². The Bertz CT molecular complexity index is 775. The number of carbonyl (C=O) groups is 1. The van der Waals surface area contributed by atoms with E-state index in [1.54, 1.807) is 12.1 Å². The van der Waals surface area contributed by atoms with Crippen LogP contribution in [0.3, 0.4) is 0 Å². The van der Waals surface area contributed by atoms with Gasteiger partial charge in [0, 0.05) is 12.8 Å². The van der Waals surface area contributed by atoms with Gasteiger partial charge in [-0.15, -0.1) is 0 Å². The van der Waals surface area contributed by atoms with Crippen molar-refractivity contribution >= 4 is 22.0 Å². The van der Waals surface area contributed by atoms with Gasteiger partial charge in [-0.3, -0.25) is 4.79 Å².